The molecule has 0 spiro atoms. The van der Waals surface area contributed by atoms with E-state index in [0.29, 0.717) is 18.2 Å². The van der Waals surface area contributed by atoms with Crippen LogP contribution in [0.5, 0.6) is 0 Å². The van der Waals surface area contributed by atoms with Crippen molar-refractivity contribution in [3.8, 4) is 0 Å². The lowest BCUT2D eigenvalue weighted by atomic mass is 10.2. The zero-order valence-corrected chi connectivity index (χ0v) is 13.8. The van der Waals surface area contributed by atoms with Crippen LogP contribution < -0.4 is 10.6 Å². The molecule has 0 saturated carbocycles. The third kappa shape index (κ3) is 4.51. The van der Waals surface area contributed by atoms with E-state index >= 15 is 0 Å². The summed E-state index contributed by atoms with van der Waals surface area (Å²) in [6.45, 7) is 0.584. The summed E-state index contributed by atoms with van der Waals surface area (Å²) in [5.41, 5.74) is 1.77. The van der Waals surface area contributed by atoms with Crippen molar-refractivity contribution in [3.05, 3.63) is 82.9 Å². The first-order valence-corrected chi connectivity index (χ1v) is 7.86. The van der Waals surface area contributed by atoms with Gasteiger partial charge in [-0.2, -0.15) is 0 Å². The number of carbonyl (C=O) groups excluding carboxylic acids is 1. The van der Waals surface area contributed by atoms with Gasteiger partial charge in [-0.15, -0.1) is 0 Å². The Balaban J connectivity index is 1.61. The molecule has 7 heteroatoms. The van der Waals surface area contributed by atoms with E-state index in [1.54, 1.807) is 0 Å². The van der Waals surface area contributed by atoms with Crippen LogP contribution >= 0.6 is 11.6 Å². The minimum atomic E-state index is -0.545. The van der Waals surface area contributed by atoms with Gasteiger partial charge in [-0.3, -0.25) is 4.79 Å². The zero-order valence-electron chi connectivity index (χ0n) is 13.0. The Morgan fingerprint density at radius 3 is 2.48 bits per heavy atom. The van der Waals surface area contributed by atoms with Crippen LogP contribution in [0.4, 0.5) is 16.0 Å². The van der Waals surface area contributed by atoms with Gasteiger partial charge in [-0.1, -0.05) is 41.9 Å². The van der Waals surface area contributed by atoms with Gasteiger partial charge in [0.25, 0.3) is 5.91 Å². The molecule has 5 nitrogen and oxygen atoms in total. The van der Waals surface area contributed by atoms with E-state index in [1.165, 1.54) is 30.6 Å². The molecule has 0 radical (unpaired) electrons. The summed E-state index contributed by atoms with van der Waals surface area (Å²) in [7, 11) is 0. The summed E-state index contributed by atoms with van der Waals surface area (Å²) in [5.74, 6) is -0.528. The molecule has 126 valence electrons. The smallest absolute Gasteiger partial charge is 0.258 e. The summed E-state index contributed by atoms with van der Waals surface area (Å²) < 4.78 is 13.1. The molecule has 25 heavy (non-hydrogen) atoms. The molecule has 1 heterocycles. The number of hydrogen-bond acceptors (Lipinski definition) is 4. The van der Waals surface area contributed by atoms with E-state index in [9.17, 15) is 9.18 Å². The van der Waals surface area contributed by atoms with Gasteiger partial charge in [0.15, 0.2) is 0 Å². The molecule has 3 rings (SSSR count). The number of nitrogens with one attached hydrogen (secondary N) is 2. The molecule has 0 aliphatic carbocycles. The molecule has 0 fully saturated rings. The number of halogens is 2. The SMILES string of the molecule is O=C(Nc1ccc(F)c(Cl)c1)c1cnc(NCc2ccccc2)nc1. The number of rotatable bonds is 5. The van der Waals surface area contributed by atoms with Crippen LogP contribution in [-0.4, -0.2) is 15.9 Å². The fraction of sp³-hybridized carbons (Fsp3) is 0.0556. The molecule has 0 atom stereocenters. The highest BCUT2D eigenvalue weighted by molar-refractivity contribution is 6.31. The molecule has 0 unspecified atom stereocenters. The molecule has 1 amide bonds. The molecule has 1 aromatic heterocycles. The van der Waals surface area contributed by atoms with Crippen LogP contribution in [-0.2, 0) is 6.54 Å². The van der Waals surface area contributed by atoms with Crippen molar-refractivity contribution in [2.24, 2.45) is 0 Å². The lowest BCUT2D eigenvalue weighted by molar-refractivity contribution is 0.102. The first-order chi connectivity index (χ1) is 12.1. The topological polar surface area (TPSA) is 66.9 Å². The van der Waals surface area contributed by atoms with Crippen LogP contribution in [0.15, 0.2) is 60.9 Å². The summed E-state index contributed by atoms with van der Waals surface area (Å²) in [4.78, 5) is 20.4. The van der Waals surface area contributed by atoms with E-state index in [1.807, 2.05) is 30.3 Å². The number of carbonyl (C=O) groups is 1. The average molecular weight is 357 g/mol. The van der Waals surface area contributed by atoms with Crippen molar-refractivity contribution >= 4 is 29.1 Å². The number of benzene rings is 2. The van der Waals surface area contributed by atoms with Gasteiger partial charge < -0.3 is 10.6 Å². The van der Waals surface area contributed by atoms with Crippen molar-refractivity contribution in [3.63, 3.8) is 0 Å². The third-order valence-electron chi connectivity index (χ3n) is 3.38. The second-order valence-corrected chi connectivity index (χ2v) is 5.62. The Labute approximate surface area is 148 Å². The zero-order chi connectivity index (χ0) is 17.6. The quantitative estimate of drug-likeness (QED) is 0.721. The van der Waals surface area contributed by atoms with Crippen LogP contribution in [0.1, 0.15) is 15.9 Å². The van der Waals surface area contributed by atoms with Crippen LogP contribution in [0, 0.1) is 5.82 Å². The maximum Gasteiger partial charge on any atom is 0.258 e. The summed E-state index contributed by atoms with van der Waals surface area (Å²) >= 11 is 5.69. The highest BCUT2D eigenvalue weighted by atomic mass is 35.5. The normalized spacial score (nSPS) is 10.3. The molecule has 0 aliphatic rings. The molecule has 2 N–H and O–H groups in total. The number of aromatic nitrogens is 2. The van der Waals surface area contributed by atoms with Crippen molar-refractivity contribution in [1.82, 2.24) is 9.97 Å². The number of amides is 1. The molecular formula is C18H14ClFN4O. The van der Waals surface area contributed by atoms with Crippen LogP contribution in [0.3, 0.4) is 0 Å². The number of hydrogen-bond donors (Lipinski definition) is 2. The van der Waals surface area contributed by atoms with Gasteiger partial charge in [0.2, 0.25) is 5.95 Å². The lowest BCUT2D eigenvalue weighted by Gasteiger charge is -2.07. The molecule has 3 aromatic rings. The van der Waals surface area contributed by atoms with Gasteiger partial charge in [0.05, 0.1) is 10.6 Å². The first-order valence-electron chi connectivity index (χ1n) is 7.48. The van der Waals surface area contributed by atoms with Crippen molar-refractivity contribution < 1.29 is 9.18 Å². The van der Waals surface area contributed by atoms with E-state index in [-0.39, 0.29) is 10.6 Å². The van der Waals surface area contributed by atoms with Gasteiger partial charge in [0.1, 0.15) is 5.82 Å². The predicted molar refractivity (Wildman–Crippen MR) is 95.2 cm³/mol. The Kier molecular flexibility index (Phi) is 5.20. The third-order valence-corrected chi connectivity index (χ3v) is 3.67. The second-order valence-electron chi connectivity index (χ2n) is 5.22. The van der Waals surface area contributed by atoms with Crippen molar-refractivity contribution in [1.29, 1.82) is 0 Å². The van der Waals surface area contributed by atoms with Crippen LogP contribution in [0.25, 0.3) is 0 Å². The minimum absolute atomic E-state index is 0.0606. The Morgan fingerprint density at radius 2 is 1.80 bits per heavy atom. The van der Waals surface area contributed by atoms with Crippen molar-refractivity contribution in [2.45, 2.75) is 6.54 Å². The Morgan fingerprint density at radius 1 is 1.08 bits per heavy atom. The van der Waals surface area contributed by atoms with Crippen molar-refractivity contribution in [2.75, 3.05) is 10.6 Å². The highest BCUT2D eigenvalue weighted by Gasteiger charge is 2.09. The number of anilines is 2. The fourth-order valence-electron chi connectivity index (χ4n) is 2.09. The maximum atomic E-state index is 13.1. The largest absolute Gasteiger partial charge is 0.350 e. The van der Waals surface area contributed by atoms with Gasteiger partial charge in [-0.25, -0.2) is 14.4 Å². The second kappa shape index (κ2) is 7.72. The van der Waals surface area contributed by atoms with Gasteiger partial charge in [-0.05, 0) is 23.8 Å². The average Bonchev–Trinajstić information content (AvgIpc) is 2.64. The van der Waals surface area contributed by atoms with Gasteiger partial charge >= 0.3 is 0 Å². The molecule has 0 bridgehead atoms. The van der Waals surface area contributed by atoms with E-state index < -0.39 is 11.7 Å². The van der Waals surface area contributed by atoms with E-state index in [4.69, 9.17) is 11.6 Å². The lowest BCUT2D eigenvalue weighted by Crippen LogP contribution is -2.13. The predicted octanol–water partition coefficient (Wildman–Crippen LogP) is 4.13. The molecular weight excluding hydrogens is 343 g/mol. The molecule has 2 aromatic carbocycles. The summed E-state index contributed by atoms with van der Waals surface area (Å²) in [6, 6.07) is 13.8. The molecule has 0 saturated heterocycles. The standard InChI is InChI=1S/C18H14ClFN4O/c19-15-8-14(6-7-16(15)20)24-17(25)13-10-22-18(23-11-13)21-9-12-4-2-1-3-5-12/h1-8,10-11H,9H2,(H,24,25)(H,21,22,23). The summed E-state index contributed by atoms with van der Waals surface area (Å²) in [6.07, 6.45) is 2.83. The highest BCUT2D eigenvalue weighted by Crippen LogP contribution is 2.19. The fourth-order valence-corrected chi connectivity index (χ4v) is 2.27. The van der Waals surface area contributed by atoms with Crippen LogP contribution in [0.2, 0.25) is 5.02 Å². The minimum Gasteiger partial charge on any atom is -0.350 e. The Bertz CT molecular complexity index is 872. The molecule has 0 aliphatic heterocycles. The first kappa shape index (κ1) is 16.9. The van der Waals surface area contributed by atoms with Gasteiger partial charge in [0, 0.05) is 24.6 Å². The number of nitrogens with zero attached hydrogens (tertiary/aromatic N) is 2. The maximum absolute atomic E-state index is 13.1. The van der Waals surface area contributed by atoms with E-state index in [2.05, 4.69) is 20.6 Å². The van der Waals surface area contributed by atoms with E-state index in [0.717, 1.165) is 5.56 Å². The Hall–Kier alpha value is -2.99. The summed E-state index contributed by atoms with van der Waals surface area (Å²) in [5, 5.41) is 5.63. The monoisotopic (exact) mass is 356 g/mol.